The molecule has 0 amide bonds. The molecular weight excluding hydrogens is 583 g/mol. The minimum Gasteiger partial charge on any atom is -0.388 e. The zero-order valence-electron chi connectivity index (χ0n) is 29.1. The smallest absolute Gasteiger partial charge is 0.163 e. The van der Waals surface area contributed by atoms with Crippen LogP contribution in [0, 0.1) is 28.3 Å². The Hall–Kier alpha value is -3.65. The highest BCUT2D eigenvalue weighted by molar-refractivity contribution is 5.67. The predicted molar refractivity (Wildman–Crippen MR) is 186 cm³/mol. The van der Waals surface area contributed by atoms with E-state index in [1.807, 2.05) is 37.1 Å². The molecule has 1 atom stereocenters. The summed E-state index contributed by atoms with van der Waals surface area (Å²) in [6, 6.07) is 15.5. The van der Waals surface area contributed by atoms with Gasteiger partial charge in [-0.15, -0.1) is 0 Å². The van der Waals surface area contributed by atoms with Crippen molar-refractivity contribution < 1.29 is 13.2 Å². The quantitative estimate of drug-likeness (QED) is 0.196. The van der Waals surface area contributed by atoms with Crippen LogP contribution in [-0.4, -0.2) is 32.3 Å². The van der Waals surface area contributed by atoms with Crippen molar-refractivity contribution in [3.63, 3.8) is 0 Å². The first-order valence-corrected chi connectivity index (χ1v) is 16.4. The highest BCUT2D eigenvalue weighted by Gasteiger charge is 2.34. The molecule has 0 aromatic heterocycles. The molecule has 5 nitrogen and oxygen atoms in total. The molecule has 250 valence electrons. The summed E-state index contributed by atoms with van der Waals surface area (Å²) in [4.78, 5) is 6.02. The number of halogens is 3. The van der Waals surface area contributed by atoms with Crippen LogP contribution in [0.2, 0.25) is 0 Å². The summed E-state index contributed by atoms with van der Waals surface area (Å²) in [6.45, 7) is 13.1. The number of nitrogens with one attached hydrogen (secondary N) is 2. The third-order valence-electron chi connectivity index (χ3n) is 8.90. The van der Waals surface area contributed by atoms with Gasteiger partial charge >= 0.3 is 0 Å². The molecule has 0 radical (unpaired) electrons. The van der Waals surface area contributed by atoms with E-state index in [1.165, 1.54) is 29.8 Å². The fraction of sp³-hybridized carbons (Fsp3) is 0.474. The molecular formula is C38H52F3N5. The SMILES string of the molecule is CCc1ccc(N(C)C2=CN(C)C(NCc3c(F)cc(CC(C)(C)CCCC(C)(C)C)cc3F)N2c2ccc(F)cc2)cc1NC. The van der Waals surface area contributed by atoms with E-state index in [0.29, 0.717) is 12.0 Å². The maximum Gasteiger partial charge on any atom is 0.163 e. The Kier molecular flexibility index (Phi) is 11.0. The molecule has 0 bridgehead atoms. The van der Waals surface area contributed by atoms with Gasteiger partial charge in [-0.2, -0.15) is 0 Å². The van der Waals surface area contributed by atoms with Crippen LogP contribution in [0.25, 0.3) is 0 Å². The van der Waals surface area contributed by atoms with Crippen LogP contribution in [0.3, 0.4) is 0 Å². The lowest BCUT2D eigenvalue weighted by Crippen LogP contribution is -2.50. The molecule has 1 heterocycles. The molecule has 2 N–H and O–H groups in total. The fourth-order valence-corrected chi connectivity index (χ4v) is 6.29. The first-order chi connectivity index (χ1) is 21.6. The van der Waals surface area contributed by atoms with Crippen LogP contribution < -0.4 is 20.4 Å². The number of anilines is 3. The van der Waals surface area contributed by atoms with Gasteiger partial charge in [0.05, 0.1) is 0 Å². The van der Waals surface area contributed by atoms with Crippen molar-refractivity contribution in [3.8, 4) is 0 Å². The molecule has 0 saturated heterocycles. The van der Waals surface area contributed by atoms with Crippen LogP contribution in [0.5, 0.6) is 0 Å². The molecule has 3 aromatic carbocycles. The van der Waals surface area contributed by atoms with E-state index in [-0.39, 0.29) is 28.8 Å². The Morgan fingerprint density at radius 1 is 0.891 bits per heavy atom. The first kappa shape index (κ1) is 35.2. The van der Waals surface area contributed by atoms with Crippen LogP contribution in [0.1, 0.15) is 77.5 Å². The van der Waals surface area contributed by atoms with Gasteiger partial charge in [-0.05, 0) is 96.2 Å². The molecule has 0 spiro atoms. The van der Waals surface area contributed by atoms with Crippen LogP contribution >= 0.6 is 0 Å². The molecule has 0 fully saturated rings. The molecule has 1 unspecified atom stereocenters. The van der Waals surface area contributed by atoms with Gasteiger partial charge in [-0.3, -0.25) is 10.2 Å². The average Bonchev–Trinajstić information content (AvgIpc) is 3.30. The monoisotopic (exact) mass is 635 g/mol. The Balaban J connectivity index is 1.55. The normalized spacial score (nSPS) is 15.4. The Morgan fingerprint density at radius 3 is 2.13 bits per heavy atom. The third-order valence-corrected chi connectivity index (χ3v) is 8.90. The molecule has 0 aliphatic carbocycles. The highest BCUT2D eigenvalue weighted by atomic mass is 19.1. The second-order valence-corrected chi connectivity index (χ2v) is 14.6. The van der Waals surface area contributed by atoms with Crippen molar-refractivity contribution in [2.45, 2.75) is 86.5 Å². The van der Waals surface area contributed by atoms with Crippen LogP contribution in [-0.2, 0) is 19.4 Å². The van der Waals surface area contributed by atoms with Crippen molar-refractivity contribution in [2.75, 3.05) is 36.3 Å². The summed E-state index contributed by atoms with van der Waals surface area (Å²) in [7, 11) is 5.79. The maximum atomic E-state index is 15.5. The van der Waals surface area contributed by atoms with Crippen molar-refractivity contribution in [3.05, 3.63) is 101 Å². The predicted octanol–water partition coefficient (Wildman–Crippen LogP) is 9.25. The summed E-state index contributed by atoms with van der Waals surface area (Å²) in [6.07, 6.45) is 6.19. The molecule has 4 rings (SSSR count). The molecule has 46 heavy (non-hydrogen) atoms. The van der Waals surface area contributed by atoms with E-state index in [2.05, 4.69) is 75.3 Å². The van der Waals surface area contributed by atoms with Gasteiger partial charge in [0.1, 0.15) is 23.3 Å². The standard InChI is InChI=1S/C38H52F3N5/c1-10-27-12-15-30(22-34(27)42-7)45(9)35-25-44(8)36(46(35)29-16-13-28(39)14-17-29)43-24-31-32(40)20-26(21-33(31)41)23-38(5,6)19-11-18-37(2,3)4/h12-17,20-22,25,36,42-43H,10-11,18-19,23-24H2,1-9H3. The van der Waals surface area contributed by atoms with Gasteiger partial charge in [0.2, 0.25) is 0 Å². The zero-order chi connectivity index (χ0) is 33.8. The van der Waals surface area contributed by atoms with Gasteiger partial charge in [-0.1, -0.05) is 54.0 Å². The zero-order valence-corrected chi connectivity index (χ0v) is 29.1. The van der Waals surface area contributed by atoms with Crippen molar-refractivity contribution >= 4 is 17.1 Å². The molecule has 3 aromatic rings. The van der Waals surface area contributed by atoms with Gasteiger partial charge < -0.3 is 15.1 Å². The largest absolute Gasteiger partial charge is 0.388 e. The minimum absolute atomic E-state index is 0.00244. The second kappa shape index (κ2) is 14.4. The van der Waals surface area contributed by atoms with E-state index in [0.717, 1.165) is 48.6 Å². The van der Waals surface area contributed by atoms with Crippen LogP contribution in [0.15, 0.2) is 66.6 Å². The third kappa shape index (κ3) is 8.58. The molecule has 0 saturated carbocycles. The Labute approximate surface area is 274 Å². The Bertz CT molecular complexity index is 1490. The molecule has 8 heteroatoms. The van der Waals surface area contributed by atoms with E-state index in [1.54, 1.807) is 12.1 Å². The van der Waals surface area contributed by atoms with Gasteiger partial charge in [0.25, 0.3) is 0 Å². The number of rotatable bonds is 13. The van der Waals surface area contributed by atoms with E-state index in [4.69, 9.17) is 0 Å². The summed E-state index contributed by atoms with van der Waals surface area (Å²) < 4.78 is 45.0. The number of hydrogen-bond donors (Lipinski definition) is 2. The summed E-state index contributed by atoms with van der Waals surface area (Å²) in [5, 5.41) is 6.65. The van der Waals surface area contributed by atoms with Crippen molar-refractivity contribution in [2.24, 2.45) is 10.8 Å². The lowest BCUT2D eigenvalue weighted by atomic mass is 9.78. The Morgan fingerprint density at radius 2 is 1.54 bits per heavy atom. The first-order valence-electron chi connectivity index (χ1n) is 16.4. The van der Waals surface area contributed by atoms with Crippen molar-refractivity contribution in [1.82, 2.24) is 10.2 Å². The lowest BCUT2D eigenvalue weighted by molar-refractivity contribution is 0.279. The van der Waals surface area contributed by atoms with E-state index < -0.39 is 17.9 Å². The van der Waals surface area contributed by atoms with E-state index >= 15 is 8.78 Å². The summed E-state index contributed by atoms with van der Waals surface area (Å²) >= 11 is 0. The summed E-state index contributed by atoms with van der Waals surface area (Å²) in [5.74, 6) is -0.621. The lowest BCUT2D eigenvalue weighted by Gasteiger charge is -2.36. The summed E-state index contributed by atoms with van der Waals surface area (Å²) in [5.41, 5.74) is 4.84. The highest BCUT2D eigenvalue weighted by Crippen LogP contribution is 2.35. The number of hydrogen-bond acceptors (Lipinski definition) is 5. The topological polar surface area (TPSA) is 33.8 Å². The van der Waals surface area contributed by atoms with E-state index in [9.17, 15) is 4.39 Å². The second-order valence-electron chi connectivity index (χ2n) is 14.6. The molecule has 1 aliphatic rings. The number of benzene rings is 3. The van der Waals surface area contributed by atoms with Gasteiger partial charge in [0.15, 0.2) is 6.29 Å². The fourth-order valence-electron chi connectivity index (χ4n) is 6.29. The number of nitrogens with zero attached hydrogens (tertiary/aromatic N) is 3. The van der Waals surface area contributed by atoms with Gasteiger partial charge in [0, 0.05) is 56.5 Å². The minimum atomic E-state index is -0.553. The number of aryl methyl sites for hydroxylation is 1. The maximum absolute atomic E-state index is 15.5. The average molecular weight is 636 g/mol. The molecule has 1 aliphatic heterocycles. The van der Waals surface area contributed by atoms with Crippen LogP contribution in [0.4, 0.5) is 30.2 Å². The van der Waals surface area contributed by atoms with Gasteiger partial charge in [-0.25, -0.2) is 13.2 Å². The van der Waals surface area contributed by atoms with Crippen molar-refractivity contribution in [1.29, 1.82) is 0 Å².